The highest BCUT2D eigenvalue weighted by Gasteiger charge is 2.30. The molecule has 0 amide bonds. The third-order valence-corrected chi connectivity index (χ3v) is 5.67. The highest BCUT2D eigenvalue weighted by atomic mass is 32.2. The van der Waals surface area contributed by atoms with Crippen molar-refractivity contribution >= 4 is 32.1 Å². The van der Waals surface area contributed by atoms with Gasteiger partial charge in [0, 0.05) is 12.8 Å². The summed E-state index contributed by atoms with van der Waals surface area (Å²) in [6.45, 7) is 3.47. The SMILES string of the molecule is CC(C)(CNc1cc2nc[nH]c(=O)c2cc1N)S(C)(=O)=O. The van der Waals surface area contributed by atoms with Gasteiger partial charge in [0.05, 0.1) is 33.4 Å². The molecule has 114 valence electrons. The van der Waals surface area contributed by atoms with Crippen molar-refractivity contribution in [3.05, 3.63) is 28.8 Å². The molecule has 2 aromatic rings. The lowest BCUT2D eigenvalue weighted by molar-refractivity contribution is 0.560. The molecule has 4 N–H and O–H groups in total. The molecule has 1 heterocycles. The Balaban J connectivity index is 2.36. The number of nitrogens with two attached hydrogens (primary N) is 1. The first-order valence-electron chi connectivity index (χ1n) is 6.32. The predicted octanol–water partition coefficient (Wildman–Crippen LogP) is 0.740. The van der Waals surface area contributed by atoms with Crippen molar-refractivity contribution in [2.24, 2.45) is 0 Å². The van der Waals surface area contributed by atoms with Gasteiger partial charge in [-0.2, -0.15) is 0 Å². The zero-order valence-electron chi connectivity index (χ0n) is 12.1. The molecule has 0 aliphatic rings. The fourth-order valence-electron chi connectivity index (χ4n) is 1.72. The van der Waals surface area contributed by atoms with Crippen LogP contribution in [0.3, 0.4) is 0 Å². The van der Waals surface area contributed by atoms with Gasteiger partial charge >= 0.3 is 0 Å². The summed E-state index contributed by atoms with van der Waals surface area (Å²) in [5.41, 5.74) is 7.04. The van der Waals surface area contributed by atoms with Gasteiger partial charge in [0.1, 0.15) is 0 Å². The number of aromatic amines is 1. The lowest BCUT2D eigenvalue weighted by Crippen LogP contribution is -2.38. The van der Waals surface area contributed by atoms with Crippen LogP contribution in [0.5, 0.6) is 0 Å². The van der Waals surface area contributed by atoms with Crippen molar-refractivity contribution in [3.8, 4) is 0 Å². The van der Waals surface area contributed by atoms with Crippen molar-refractivity contribution in [3.63, 3.8) is 0 Å². The van der Waals surface area contributed by atoms with E-state index in [1.165, 1.54) is 18.6 Å². The van der Waals surface area contributed by atoms with E-state index >= 15 is 0 Å². The number of anilines is 2. The molecule has 0 aliphatic heterocycles. The number of H-pyrrole nitrogens is 1. The number of aromatic nitrogens is 2. The standard InChI is InChI=1S/C13H18N4O3S/c1-13(2,21(3,19)20)6-15-11-5-10-8(4-9(11)14)12(18)17-7-16-10/h4-5,7,15H,6,14H2,1-3H3,(H,16,17,18). The summed E-state index contributed by atoms with van der Waals surface area (Å²) < 4.78 is 22.4. The molecule has 7 nitrogen and oxygen atoms in total. The first-order chi connectivity index (χ1) is 9.62. The smallest absolute Gasteiger partial charge is 0.258 e. The summed E-state index contributed by atoms with van der Waals surface area (Å²) in [6, 6.07) is 3.16. The maximum Gasteiger partial charge on any atom is 0.258 e. The van der Waals surface area contributed by atoms with Crippen LogP contribution in [0.1, 0.15) is 13.8 Å². The van der Waals surface area contributed by atoms with Crippen molar-refractivity contribution < 1.29 is 8.42 Å². The fraction of sp³-hybridized carbons (Fsp3) is 0.385. The molecule has 0 spiro atoms. The number of benzene rings is 1. The van der Waals surface area contributed by atoms with Crippen LogP contribution in [0.15, 0.2) is 23.3 Å². The Morgan fingerprint density at radius 3 is 2.67 bits per heavy atom. The van der Waals surface area contributed by atoms with E-state index in [9.17, 15) is 13.2 Å². The normalized spacial score (nSPS) is 12.5. The number of fused-ring (bicyclic) bond motifs is 1. The molecular formula is C13H18N4O3S. The molecule has 1 aromatic heterocycles. The van der Waals surface area contributed by atoms with E-state index in [1.807, 2.05) is 0 Å². The Morgan fingerprint density at radius 1 is 1.38 bits per heavy atom. The van der Waals surface area contributed by atoms with Gasteiger partial charge in [0.15, 0.2) is 9.84 Å². The molecule has 0 radical (unpaired) electrons. The third-order valence-electron chi connectivity index (χ3n) is 3.52. The number of nitrogens with one attached hydrogen (secondary N) is 2. The average Bonchev–Trinajstić information content (AvgIpc) is 2.36. The maximum absolute atomic E-state index is 11.7. The second kappa shape index (κ2) is 5.03. The summed E-state index contributed by atoms with van der Waals surface area (Å²) in [4.78, 5) is 18.2. The van der Waals surface area contributed by atoms with Crippen LogP contribution >= 0.6 is 0 Å². The Hall–Kier alpha value is -2.09. The predicted molar refractivity (Wildman–Crippen MR) is 84.2 cm³/mol. The second-order valence-corrected chi connectivity index (χ2v) is 8.22. The molecule has 2 rings (SSSR count). The quantitative estimate of drug-likeness (QED) is 0.717. The number of nitrogen functional groups attached to an aromatic ring is 1. The minimum Gasteiger partial charge on any atom is -0.397 e. The molecule has 0 atom stereocenters. The van der Waals surface area contributed by atoms with Gasteiger partial charge in [0.25, 0.3) is 5.56 Å². The Bertz CT molecular complexity index is 840. The van der Waals surface area contributed by atoms with Gasteiger partial charge in [-0.1, -0.05) is 0 Å². The largest absolute Gasteiger partial charge is 0.397 e. The van der Waals surface area contributed by atoms with Crippen LogP contribution in [0.25, 0.3) is 10.9 Å². The van der Waals surface area contributed by atoms with E-state index < -0.39 is 14.6 Å². The minimum absolute atomic E-state index is 0.199. The minimum atomic E-state index is -3.21. The summed E-state index contributed by atoms with van der Waals surface area (Å²) in [7, 11) is -3.21. The highest BCUT2D eigenvalue weighted by molar-refractivity contribution is 7.92. The number of hydrogen-bond donors (Lipinski definition) is 3. The van der Waals surface area contributed by atoms with Crippen molar-refractivity contribution in [2.75, 3.05) is 23.9 Å². The average molecular weight is 310 g/mol. The third kappa shape index (κ3) is 2.99. The van der Waals surface area contributed by atoms with Crippen LogP contribution in [0.2, 0.25) is 0 Å². The Kier molecular flexibility index (Phi) is 3.66. The first-order valence-corrected chi connectivity index (χ1v) is 8.21. The molecule has 0 saturated carbocycles. The molecule has 8 heteroatoms. The summed E-state index contributed by atoms with van der Waals surface area (Å²) in [5.74, 6) is 0. The fourth-order valence-corrected chi connectivity index (χ4v) is 2.06. The van der Waals surface area contributed by atoms with E-state index in [4.69, 9.17) is 5.73 Å². The van der Waals surface area contributed by atoms with Gasteiger partial charge in [-0.25, -0.2) is 13.4 Å². The van der Waals surface area contributed by atoms with Crippen LogP contribution in [0.4, 0.5) is 11.4 Å². The number of hydrogen-bond acceptors (Lipinski definition) is 6. The first kappa shape index (κ1) is 15.3. The molecule has 0 saturated heterocycles. The molecule has 0 fully saturated rings. The topological polar surface area (TPSA) is 118 Å². The molecule has 21 heavy (non-hydrogen) atoms. The van der Waals surface area contributed by atoms with Crippen molar-refractivity contribution in [1.29, 1.82) is 0 Å². The van der Waals surface area contributed by atoms with Crippen molar-refractivity contribution in [2.45, 2.75) is 18.6 Å². The zero-order valence-corrected chi connectivity index (χ0v) is 12.9. The van der Waals surface area contributed by atoms with E-state index in [-0.39, 0.29) is 12.1 Å². The molecular weight excluding hydrogens is 292 g/mol. The van der Waals surface area contributed by atoms with Crippen LogP contribution in [-0.2, 0) is 9.84 Å². The second-order valence-electron chi connectivity index (χ2n) is 5.57. The number of sulfone groups is 1. The highest BCUT2D eigenvalue weighted by Crippen LogP contribution is 2.24. The van der Waals surface area contributed by atoms with Gasteiger partial charge in [0.2, 0.25) is 0 Å². The van der Waals surface area contributed by atoms with Gasteiger partial charge in [-0.15, -0.1) is 0 Å². The molecule has 0 unspecified atom stereocenters. The van der Waals surface area contributed by atoms with Gasteiger partial charge in [-0.3, -0.25) is 4.79 Å². The monoisotopic (exact) mass is 310 g/mol. The van der Waals surface area contributed by atoms with Gasteiger partial charge in [-0.05, 0) is 26.0 Å². The summed E-state index contributed by atoms with van der Waals surface area (Å²) in [5, 5.41) is 3.41. The van der Waals surface area contributed by atoms with E-state index in [2.05, 4.69) is 15.3 Å². The van der Waals surface area contributed by atoms with Crippen molar-refractivity contribution in [1.82, 2.24) is 9.97 Å². The summed E-state index contributed by atoms with van der Waals surface area (Å²) in [6.07, 6.45) is 2.50. The van der Waals surface area contributed by atoms with E-state index in [0.29, 0.717) is 22.3 Å². The molecule has 1 aromatic carbocycles. The lowest BCUT2D eigenvalue weighted by atomic mass is 10.1. The number of rotatable bonds is 4. The lowest BCUT2D eigenvalue weighted by Gasteiger charge is -2.24. The van der Waals surface area contributed by atoms with E-state index in [0.717, 1.165) is 0 Å². The van der Waals surface area contributed by atoms with Crippen LogP contribution < -0.4 is 16.6 Å². The zero-order chi connectivity index (χ0) is 15.8. The number of nitrogens with zero attached hydrogens (tertiary/aromatic N) is 1. The molecule has 0 aliphatic carbocycles. The van der Waals surface area contributed by atoms with Gasteiger partial charge < -0.3 is 16.0 Å². The van der Waals surface area contributed by atoms with Crippen LogP contribution in [0, 0.1) is 0 Å². The maximum atomic E-state index is 11.7. The van der Waals surface area contributed by atoms with E-state index in [1.54, 1.807) is 19.9 Å². The molecule has 0 bridgehead atoms. The Labute approximate surface area is 122 Å². The Morgan fingerprint density at radius 2 is 2.05 bits per heavy atom. The van der Waals surface area contributed by atoms with Crippen LogP contribution in [-0.4, -0.2) is 35.9 Å². The summed E-state index contributed by atoms with van der Waals surface area (Å²) >= 11 is 0.